The van der Waals surface area contributed by atoms with E-state index < -0.39 is 0 Å². The Bertz CT molecular complexity index is 942. The molecule has 0 aliphatic rings. The summed E-state index contributed by atoms with van der Waals surface area (Å²) in [5, 5.41) is 7.26. The third-order valence-corrected chi connectivity index (χ3v) is 4.15. The van der Waals surface area contributed by atoms with E-state index in [4.69, 9.17) is 25.6 Å². The lowest BCUT2D eigenvalue weighted by molar-refractivity contribution is -0.116. The zero-order chi connectivity index (χ0) is 19.2. The molecule has 8 heteroatoms. The van der Waals surface area contributed by atoms with Crippen LogP contribution in [-0.4, -0.2) is 30.3 Å². The van der Waals surface area contributed by atoms with Crippen LogP contribution in [0, 0.1) is 0 Å². The number of halogens is 1. The molecule has 1 amide bonds. The maximum Gasteiger partial charge on any atom is 0.227 e. The number of rotatable bonds is 7. The molecule has 0 atom stereocenters. The van der Waals surface area contributed by atoms with Crippen LogP contribution >= 0.6 is 11.6 Å². The van der Waals surface area contributed by atoms with Crippen molar-refractivity contribution in [3.63, 3.8) is 0 Å². The van der Waals surface area contributed by atoms with E-state index in [2.05, 4.69) is 15.5 Å². The molecular weight excluding hydrogens is 370 g/mol. The number of methoxy groups -OCH3 is 2. The molecule has 7 nitrogen and oxygen atoms in total. The highest BCUT2D eigenvalue weighted by Gasteiger charge is 2.13. The maximum absolute atomic E-state index is 12.2. The molecule has 0 saturated heterocycles. The van der Waals surface area contributed by atoms with E-state index in [1.54, 1.807) is 37.4 Å². The lowest BCUT2D eigenvalue weighted by Gasteiger charge is -2.10. The summed E-state index contributed by atoms with van der Waals surface area (Å²) < 4.78 is 15.6. The predicted molar refractivity (Wildman–Crippen MR) is 101 cm³/mol. The Morgan fingerprint density at radius 1 is 1.15 bits per heavy atom. The molecule has 0 spiro atoms. The topological polar surface area (TPSA) is 86.5 Å². The standard InChI is InChI=1S/C19H18ClN3O4/c1-25-15-8-7-12(11-16(15)26-2)21-17(24)9-10-18-22-19(23-27-18)13-5-3-4-6-14(13)20/h3-8,11H,9-10H2,1-2H3,(H,21,24). The van der Waals surface area contributed by atoms with Gasteiger partial charge in [0.1, 0.15) is 0 Å². The van der Waals surface area contributed by atoms with Crippen LogP contribution in [0.5, 0.6) is 11.5 Å². The van der Waals surface area contributed by atoms with Crippen molar-refractivity contribution in [3.8, 4) is 22.9 Å². The minimum absolute atomic E-state index is 0.181. The van der Waals surface area contributed by atoms with Crippen molar-refractivity contribution in [1.82, 2.24) is 10.1 Å². The summed E-state index contributed by atoms with van der Waals surface area (Å²) in [6.07, 6.45) is 0.509. The normalized spacial score (nSPS) is 10.5. The highest BCUT2D eigenvalue weighted by Crippen LogP contribution is 2.30. The van der Waals surface area contributed by atoms with E-state index in [-0.39, 0.29) is 12.3 Å². The lowest BCUT2D eigenvalue weighted by atomic mass is 10.2. The zero-order valence-electron chi connectivity index (χ0n) is 14.9. The van der Waals surface area contributed by atoms with Gasteiger partial charge in [-0.05, 0) is 24.3 Å². The Labute approximate surface area is 161 Å². The fraction of sp³-hybridized carbons (Fsp3) is 0.211. The lowest BCUT2D eigenvalue weighted by Crippen LogP contribution is -2.12. The number of carbonyl (C=O) groups excluding carboxylic acids is 1. The molecular formula is C19H18ClN3O4. The second-order valence-corrected chi connectivity index (χ2v) is 6.02. The largest absolute Gasteiger partial charge is 0.493 e. The van der Waals surface area contributed by atoms with Crippen LogP contribution in [0.15, 0.2) is 47.0 Å². The molecule has 0 saturated carbocycles. The number of carbonyl (C=O) groups is 1. The molecule has 0 fully saturated rings. The Balaban J connectivity index is 1.59. The first-order valence-corrected chi connectivity index (χ1v) is 8.58. The first kappa shape index (κ1) is 18.7. The highest BCUT2D eigenvalue weighted by molar-refractivity contribution is 6.33. The number of aryl methyl sites for hydroxylation is 1. The summed E-state index contributed by atoms with van der Waals surface area (Å²) in [6, 6.07) is 12.4. The summed E-state index contributed by atoms with van der Waals surface area (Å²) in [5.41, 5.74) is 1.30. The first-order chi connectivity index (χ1) is 13.1. The molecule has 1 N–H and O–H groups in total. The van der Waals surface area contributed by atoms with Crippen molar-refractivity contribution < 1.29 is 18.8 Å². The molecule has 1 aromatic heterocycles. The van der Waals surface area contributed by atoms with Gasteiger partial charge in [-0.1, -0.05) is 28.9 Å². The van der Waals surface area contributed by atoms with E-state index in [0.717, 1.165) is 0 Å². The van der Waals surface area contributed by atoms with Crippen molar-refractivity contribution in [2.24, 2.45) is 0 Å². The quantitative estimate of drug-likeness (QED) is 0.659. The highest BCUT2D eigenvalue weighted by atomic mass is 35.5. The summed E-state index contributed by atoms with van der Waals surface area (Å²) in [7, 11) is 3.09. The van der Waals surface area contributed by atoms with Crippen molar-refractivity contribution in [1.29, 1.82) is 0 Å². The van der Waals surface area contributed by atoms with Gasteiger partial charge >= 0.3 is 0 Å². The Morgan fingerprint density at radius 2 is 1.93 bits per heavy atom. The second-order valence-electron chi connectivity index (χ2n) is 5.61. The molecule has 0 unspecified atom stereocenters. The molecule has 27 heavy (non-hydrogen) atoms. The van der Waals surface area contributed by atoms with E-state index in [1.165, 1.54) is 7.11 Å². The first-order valence-electron chi connectivity index (χ1n) is 8.20. The van der Waals surface area contributed by atoms with Crippen LogP contribution in [0.4, 0.5) is 5.69 Å². The van der Waals surface area contributed by atoms with Crippen LogP contribution in [0.1, 0.15) is 12.3 Å². The SMILES string of the molecule is COc1ccc(NC(=O)CCc2nc(-c3ccccc3Cl)no2)cc1OC. The van der Waals surface area contributed by atoms with Gasteiger partial charge in [0.2, 0.25) is 17.6 Å². The number of hydrogen-bond acceptors (Lipinski definition) is 6. The Kier molecular flexibility index (Phi) is 5.93. The molecule has 140 valence electrons. The summed E-state index contributed by atoms with van der Waals surface area (Å²) in [5.74, 6) is 1.72. The fourth-order valence-electron chi connectivity index (χ4n) is 2.47. The minimum atomic E-state index is -0.181. The number of ether oxygens (including phenoxy) is 2. The average Bonchev–Trinajstić information content (AvgIpc) is 3.15. The fourth-order valence-corrected chi connectivity index (χ4v) is 2.69. The molecule has 0 aliphatic carbocycles. The number of aromatic nitrogens is 2. The van der Waals surface area contributed by atoms with Gasteiger partial charge in [0.05, 0.1) is 19.2 Å². The van der Waals surface area contributed by atoms with Gasteiger partial charge in [0, 0.05) is 30.2 Å². The van der Waals surface area contributed by atoms with Gasteiger partial charge in [0.25, 0.3) is 0 Å². The Morgan fingerprint density at radius 3 is 2.67 bits per heavy atom. The molecule has 0 radical (unpaired) electrons. The van der Waals surface area contributed by atoms with Gasteiger partial charge in [-0.25, -0.2) is 0 Å². The third kappa shape index (κ3) is 4.57. The van der Waals surface area contributed by atoms with Gasteiger partial charge in [-0.15, -0.1) is 0 Å². The number of nitrogens with one attached hydrogen (secondary N) is 1. The van der Waals surface area contributed by atoms with Crippen LogP contribution in [0.2, 0.25) is 5.02 Å². The van der Waals surface area contributed by atoms with Crippen molar-refractivity contribution in [2.45, 2.75) is 12.8 Å². The summed E-state index contributed by atoms with van der Waals surface area (Å²) in [6.45, 7) is 0. The zero-order valence-corrected chi connectivity index (χ0v) is 15.6. The number of hydrogen-bond donors (Lipinski definition) is 1. The van der Waals surface area contributed by atoms with Gasteiger partial charge < -0.3 is 19.3 Å². The van der Waals surface area contributed by atoms with Gasteiger partial charge in [-0.2, -0.15) is 4.98 Å². The van der Waals surface area contributed by atoms with Crippen LogP contribution < -0.4 is 14.8 Å². The summed E-state index contributed by atoms with van der Waals surface area (Å²) in [4.78, 5) is 16.5. The van der Waals surface area contributed by atoms with Crippen molar-refractivity contribution in [3.05, 3.63) is 53.4 Å². The third-order valence-electron chi connectivity index (χ3n) is 3.82. The van der Waals surface area contributed by atoms with Crippen molar-refractivity contribution in [2.75, 3.05) is 19.5 Å². The smallest absolute Gasteiger partial charge is 0.227 e. The number of benzene rings is 2. The predicted octanol–water partition coefficient (Wildman–Crippen LogP) is 3.98. The van der Waals surface area contributed by atoms with E-state index in [1.807, 2.05) is 12.1 Å². The van der Waals surface area contributed by atoms with E-state index in [9.17, 15) is 4.79 Å². The minimum Gasteiger partial charge on any atom is -0.493 e. The number of nitrogens with zero attached hydrogens (tertiary/aromatic N) is 2. The molecule has 2 aromatic carbocycles. The molecule has 0 bridgehead atoms. The molecule has 1 heterocycles. The van der Waals surface area contributed by atoms with E-state index >= 15 is 0 Å². The second kappa shape index (κ2) is 8.55. The van der Waals surface area contributed by atoms with Crippen molar-refractivity contribution >= 4 is 23.2 Å². The van der Waals surface area contributed by atoms with Gasteiger partial charge in [0.15, 0.2) is 11.5 Å². The number of amides is 1. The molecule has 0 aliphatic heterocycles. The van der Waals surface area contributed by atoms with Crippen LogP contribution in [0.3, 0.4) is 0 Å². The summed E-state index contributed by atoms with van der Waals surface area (Å²) >= 11 is 6.13. The Hall–Kier alpha value is -3.06. The monoisotopic (exact) mass is 387 g/mol. The van der Waals surface area contributed by atoms with E-state index in [0.29, 0.717) is 45.9 Å². The van der Waals surface area contributed by atoms with Gasteiger partial charge in [-0.3, -0.25) is 4.79 Å². The molecule has 3 aromatic rings. The van der Waals surface area contributed by atoms with Crippen LogP contribution in [-0.2, 0) is 11.2 Å². The molecule has 3 rings (SSSR count). The maximum atomic E-state index is 12.2. The average molecular weight is 388 g/mol. The number of anilines is 1. The van der Waals surface area contributed by atoms with Crippen LogP contribution in [0.25, 0.3) is 11.4 Å².